The number of carbonyl (C=O) groups is 1. The molecule has 0 unspecified atom stereocenters. The first-order valence-electron chi connectivity index (χ1n) is 11.2. The van der Waals surface area contributed by atoms with Crippen molar-refractivity contribution in [2.24, 2.45) is 5.41 Å². The van der Waals surface area contributed by atoms with Gasteiger partial charge in [-0.3, -0.25) is 4.79 Å². The van der Waals surface area contributed by atoms with Gasteiger partial charge >= 0.3 is 5.97 Å². The summed E-state index contributed by atoms with van der Waals surface area (Å²) < 4.78 is 11.2. The highest BCUT2D eigenvalue weighted by molar-refractivity contribution is 5.78. The molecule has 1 aliphatic rings. The second-order valence-corrected chi connectivity index (χ2v) is 10.0. The van der Waals surface area contributed by atoms with Gasteiger partial charge in [0.1, 0.15) is 17.1 Å². The van der Waals surface area contributed by atoms with E-state index in [1.54, 1.807) is 0 Å². The number of esters is 1. The van der Waals surface area contributed by atoms with Gasteiger partial charge < -0.3 is 9.47 Å². The molecule has 0 radical (unpaired) electrons. The van der Waals surface area contributed by atoms with Gasteiger partial charge in [-0.1, -0.05) is 62.8 Å². The maximum absolute atomic E-state index is 11.9. The van der Waals surface area contributed by atoms with Crippen LogP contribution in [-0.2, 0) is 4.79 Å². The lowest BCUT2D eigenvalue weighted by molar-refractivity contribution is -0.142. The SMILES string of the molecule is C1CCCCC1.CC(C)(C)Oc1ccc(-c2ccc(OC(=O)C(C)(C)C)cc2)cc1. The maximum Gasteiger partial charge on any atom is 0.316 e. The molecule has 0 N–H and O–H groups in total. The molecule has 1 aliphatic carbocycles. The minimum absolute atomic E-state index is 0.208. The molecule has 2 aromatic rings. The van der Waals surface area contributed by atoms with Crippen LogP contribution in [0.25, 0.3) is 11.1 Å². The van der Waals surface area contributed by atoms with Crippen LogP contribution in [0.1, 0.15) is 80.1 Å². The average molecular weight is 411 g/mol. The second-order valence-electron chi connectivity index (χ2n) is 10.0. The third-order valence-corrected chi connectivity index (χ3v) is 4.79. The molecule has 0 atom stereocenters. The minimum Gasteiger partial charge on any atom is -0.488 e. The molecule has 1 saturated carbocycles. The van der Waals surface area contributed by atoms with Crippen LogP contribution in [0.3, 0.4) is 0 Å². The molecule has 3 heteroatoms. The van der Waals surface area contributed by atoms with Crippen LogP contribution in [0.5, 0.6) is 11.5 Å². The van der Waals surface area contributed by atoms with E-state index in [0.29, 0.717) is 5.75 Å². The Balaban J connectivity index is 0.000000456. The van der Waals surface area contributed by atoms with Gasteiger partial charge in [0.25, 0.3) is 0 Å². The Morgan fingerprint density at radius 3 is 1.33 bits per heavy atom. The highest BCUT2D eigenvalue weighted by atomic mass is 16.5. The number of carbonyl (C=O) groups excluding carboxylic acids is 1. The fourth-order valence-electron chi connectivity index (χ4n) is 3.11. The molecule has 0 bridgehead atoms. The van der Waals surface area contributed by atoms with Gasteiger partial charge in [0.15, 0.2) is 0 Å². The van der Waals surface area contributed by atoms with Gasteiger partial charge in [0.05, 0.1) is 5.41 Å². The van der Waals surface area contributed by atoms with E-state index in [9.17, 15) is 4.79 Å². The molecule has 164 valence electrons. The number of hydrogen-bond donors (Lipinski definition) is 0. The maximum atomic E-state index is 11.9. The van der Waals surface area contributed by atoms with Crippen molar-refractivity contribution >= 4 is 5.97 Å². The topological polar surface area (TPSA) is 35.5 Å². The average Bonchev–Trinajstić information content (AvgIpc) is 2.69. The van der Waals surface area contributed by atoms with E-state index in [2.05, 4.69) is 0 Å². The number of ether oxygens (including phenoxy) is 2. The normalized spacial score (nSPS) is 14.3. The summed E-state index contributed by atoms with van der Waals surface area (Å²) in [5.41, 5.74) is 1.43. The Labute approximate surface area is 182 Å². The van der Waals surface area contributed by atoms with Crippen molar-refractivity contribution in [2.75, 3.05) is 0 Å². The van der Waals surface area contributed by atoms with Crippen molar-refractivity contribution in [3.8, 4) is 22.6 Å². The van der Waals surface area contributed by atoms with Crippen molar-refractivity contribution < 1.29 is 14.3 Å². The summed E-state index contributed by atoms with van der Waals surface area (Å²) in [6.45, 7) is 11.6. The summed E-state index contributed by atoms with van der Waals surface area (Å²) in [6, 6.07) is 15.5. The fraction of sp³-hybridized carbons (Fsp3) is 0.519. The predicted molar refractivity (Wildman–Crippen MR) is 125 cm³/mol. The summed E-state index contributed by atoms with van der Waals surface area (Å²) in [5, 5.41) is 0. The van der Waals surface area contributed by atoms with Gasteiger partial charge in [0, 0.05) is 0 Å². The van der Waals surface area contributed by atoms with Gasteiger partial charge in [-0.05, 0) is 76.9 Å². The van der Waals surface area contributed by atoms with Crippen LogP contribution in [0.2, 0.25) is 0 Å². The lowest BCUT2D eigenvalue weighted by atomic mass is 9.97. The summed E-state index contributed by atoms with van der Waals surface area (Å²) >= 11 is 0. The van der Waals surface area contributed by atoms with Gasteiger partial charge in [-0.2, -0.15) is 0 Å². The molecule has 2 aromatic carbocycles. The Hall–Kier alpha value is -2.29. The fourth-order valence-corrected chi connectivity index (χ4v) is 3.11. The quantitative estimate of drug-likeness (QED) is 0.382. The van der Waals surface area contributed by atoms with E-state index < -0.39 is 5.41 Å². The van der Waals surface area contributed by atoms with E-state index in [1.807, 2.05) is 90.1 Å². The summed E-state index contributed by atoms with van der Waals surface area (Å²) in [4.78, 5) is 11.9. The number of hydrogen-bond acceptors (Lipinski definition) is 3. The van der Waals surface area contributed by atoms with E-state index >= 15 is 0 Å². The first kappa shape index (κ1) is 24.0. The van der Waals surface area contributed by atoms with E-state index in [4.69, 9.17) is 9.47 Å². The molecule has 0 saturated heterocycles. The molecule has 1 fully saturated rings. The minimum atomic E-state index is -0.512. The van der Waals surface area contributed by atoms with E-state index in [-0.39, 0.29) is 11.6 Å². The highest BCUT2D eigenvalue weighted by Gasteiger charge is 2.23. The zero-order valence-electron chi connectivity index (χ0n) is 19.6. The first-order chi connectivity index (χ1) is 14.0. The van der Waals surface area contributed by atoms with Crippen LogP contribution < -0.4 is 9.47 Å². The standard InChI is InChI=1S/C21H26O3.C6H12/c1-20(2,3)19(22)23-17-11-7-15(8-12-17)16-9-13-18(14-10-16)24-21(4,5)6;1-2-4-6-5-3-1/h7-14H,1-6H3;1-6H2. The monoisotopic (exact) mass is 410 g/mol. The van der Waals surface area contributed by atoms with Gasteiger partial charge in [0.2, 0.25) is 0 Å². The summed E-state index contributed by atoms with van der Waals surface area (Å²) in [7, 11) is 0. The molecule has 3 rings (SSSR count). The van der Waals surface area contributed by atoms with Gasteiger partial charge in [-0.15, -0.1) is 0 Å². The molecule has 0 aliphatic heterocycles. The molecule has 0 spiro atoms. The molecular weight excluding hydrogens is 372 g/mol. The van der Waals surface area contributed by atoms with E-state index in [0.717, 1.165) is 16.9 Å². The Kier molecular flexibility index (Phi) is 8.52. The lowest BCUT2D eigenvalue weighted by Crippen LogP contribution is -2.25. The molecule has 0 aromatic heterocycles. The Morgan fingerprint density at radius 2 is 1.00 bits per heavy atom. The van der Waals surface area contributed by atoms with Crippen LogP contribution in [0.4, 0.5) is 0 Å². The molecule has 30 heavy (non-hydrogen) atoms. The second kappa shape index (κ2) is 10.7. The zero-order chi connectivity index (χ0) is 22.2. The number of benzene rings is 2. The highest BCUT2D eigenvalue weighted by Crippen LogP contribution is 2.27. The third-order valence-electron chi connectivity index (χ3n) is 4.79. The predicted octanol–water partition coefficient (Wildman–Crippen LogP) is 7.82. The van der Waals surface area contributed by atoms with Crippen molar-refractivity contribution in [1.82, 2.24) is 0 Å². The van der Waals surface area contributed by atoms with Crippen LogP contribution >= 0.6 is 0 Å². The third kappa shape index (κ3) is 8.61. The largest absolute Gasteiger partial charge is 0.488 e. The van der Waals surface area contributed by atoms with Crippen LogP contribution in [0, 0.1) is 5.41 Å². The molecule has 3 nitrogen and oxygen atoms in total. The lowest BCUT2D eigenvalue weighted by Gasteiger charge is -2.21. The first-order valence-corrected chi connectivity index (χ1v) is 11.2. The van der Waals surface area contributed by atoms with Gasteiger partial charge in [-0.25, -0.2) is 0 Å². The summed E-state index contributed by atoms with van der Waals surface area (Å²) in [6.07, 6.45) is 9.00. The van der Waals surface area contributed by atoms with E-state index in [1.165, 1.54) is 38.5 Å². The summed E-state index contributed by atoms with van der Waals surface area (Å²) in [5.74, 6) is 1.17. The van der Waals surface area contributed by atoms with Crippen LogP contribution in [-0.4, -0.2) is 11.6 Å². The van der Waals surface area contributed by atoms with Crippen molar-refractivity contribution in [1.29, 1.82) is 0 Å². The molecule has 0 heterocycles. The Bertz CT molecular complexity index is 759. The molecular formula is C27H38O3. The van der Waals surface area contributed by atoms with Crippen molar-refractivity contribution in [3.05, 3.63) is 48.5 Å². The Morgan fingerprint density at radius 1 is 0.633 bits per heavy atom. The zero-order valence-corrected chi connectivity index (χ0v) is 19.6. The van der Waals surface area contributed by atoms with Crippen molar-refractivity contribution in [3.63, 3.8) is 0 Å². The molecule has 0 amide bonds. The smallest absolute Gasteiger partial charge is 0.316 e. The number of rotatable bonds is 3. The van der Waals surface area contributed by atoms with Crippen LogP contribution in [0.15, 0.2) is 48.5 Å². The van der Waals surface area contributed by atoms with Crippen molar-refractivity contribution in [2.45, 2.75) is 85.7 Å².